The normalized spacial score (nSPS) is 13.5. The minimum absolute atomic E-state index is 0.0234. The molecule has 0 spiro atoms. The molecule has 1 N–H and O–H groups in total. The van der Waals surface area contributed by atoms with Gasteiger partial charge in [0.15, 0.2) is 11.6 Å². The Morgan fingerprint density at radius 1 is 1.05 bits per heavy atom. The third-order valence-corrected chi connectivity index (χ3v) is 3.14. The molecule has 0 aliphatic carbocycles. The summed E-state index contributed by atoms with van der Waals surface area (Å²) in [6.45, 7) is 1.87. The highest BCUT2D eigenvalue weighted by Gasteiger charge is 2.19. The first-order chi connectivity index (χ1) is 9.63. The molecule has 2 atom stereocenters. The highest BCUT2D eigenvalue weighted by atomic mass is 19.2. The van der Waals surface area contributed by atoms with Gasteiger partial charge in [-0.3, -0.25) is 5.32 Å². The number of benzene rings is 2. The highest BCUT2D eigenvalue weighted by molar-refractivity contribution is 5.28. The predicted octanol–water partition coefficient (Wildman–Crippen LogP) is 3.88. The first-order valence-electron chi connectivity index (χ1n) is 6.28. The second-order valence-electron chi connectivity index (χ2n) is 4.50. The number of nitrogens with zero attached hydrogens (tertiary/aromatic N) is 1. The van der Waals surface area contributed by atoms with Crippen LogP contribution < -0.4 is 5.32 Å². The molecule has 0 unspecified atom stereocenters. The minimum atomic E-state index is -0.980. The number of halogens is 2. The molecule has 0 heterocycles. The van der Waals surface area contributed by atoms with Crippen molar-refractivity contribution in [1.29, 1.82) is 5.26 Å². The summed E-state index contributed by atoms with van der Waals surface area (Å²) in [5.41, 5.74) is 1.000. The van der Waals surface area contributed by atoms with Crippen LogP contribution in [0.5, 0.6) is 0 Å². The maximum Gasteiger partial charge on any atom is 0.164 e. The largest absolute Gasteiger partial charge is 0.291 e. The number of nitrogens with one attached hydrogen (secondary N) is 1. The Morgan fingerprint density at radius 2 is 1.75 bits per heavy atom. The van der Waals surface area contributed by atoms with E-state index in [1.165, 1.54) is 12.1 Å². The summed E-state index contributed by atoms with van der Waals surface area (Å²) in [5.74, 6) is -1.93. The zero-order chi connectivity index (χ0) is 14.5. The fourth-order valence-corrected chi connectivity index (χ4v) is 2.03. The Labute approximate surface area is 116 Å². The SMILES string of the molecule is C[C@H](N[C@H](C#N)c1cccc(F)c1F)c1ccccc1. The van der Waals surface area contributed by atoms with Crippen molar-refractivity contribution in [2.24, 2.45) is 0 Å². The van der Waals surface area contributed by atoms with Gasteiger partial charge in [0.05, 0.1) is 6.07 Å². The molecular formula is C16H14F2N2. The lowest BCUT2D eigenvalue weighted by atomic mass is 10.0. The molecule has 0 aromatic heterocycles. The van der Waals surface area contributed by atoms with E-state index in [1.54, 1.807) is 0 Å². The zero-order valence-electron chi connectivity index (χ0n) is 11.0. The molecular weight excluding hydrogens is 258 g/mol. The van der Waals surface area contributed by atoms with Crippen LogP contribution in [0.1, 0.15) is 30.1 Å². The van der Waals surface area contributed by atoms with Gasteiger partial charge in [-0.25, -0.2) is 8.78 Å². The lowest BCUT2D eigenvalue weighted by Gasteiger charge is -2.19. The van der Waals surface area contributed by atoms with Crippen molar-refractivity contribution in [3.05, 3.63) is 71.3 Å². The Morgan fingerprint density at radius 3 is 2.40 bits per heavy atom. The van der Waals surface area contributed by atoms with Gasteiger partial charge in [0.1, 0.15) is 6.04 Å². The van der Waals surface area contributed by atoms with Crippen LogP contribution in [0, 0.1) is 23.0 Å². The topological polar surface area (TPSA) is 35.8 Å². The quantitative estimate of drug-likeness (QED) is 0.916. The van der Waals surface area contributed by atoms with Gasteiger partial charge in [-0.1, -0.05) is 42.5 Å². The zero-order valence-corrected chi connectivity index (χ0v) is 11.0. The summed E-state index contributed by atoms with van der Waals surface area (Å²) in [6, 6.07) is 14.3. The lowest BCUT2D eigenvalue weighted by Crippen LogP contribution is -2.24. The lowest BCUT2D eigenvalue weighted by molar-refractivity contribution is 0.469. The van der Waals surface area contributed by atoms with Crippen LogP contribution >= 0.6 is 0 Å². The summed E-state index contributed by atoms with van der Waals surface area (Å²) in [4.78, 5) is 0. The van der Waals surface area contributed by atoms with Crippen molar-refractivity contribution >= 4 is 0 Å². The van der Waals surface area contributed by atoms with E-state index in [-0.39, 0.29) is 11.6 Å². The van der Waals surface area contributed by atoms with Crippen molar-refractivity contribution in [2.75, 3.05) is 0 Å². The van der Waals surface area contributed by atoms with E-state index in [0.29, 0.717) is 0 Å². The van der Waals surface area contributed by atoms with Gasteiger partial charge < -0.3 is 0 Å². The van der Waals surface area contributed by atoms with Gasteiger partial charge in [0, 0.05) is 11.6 Å². The van der Waals surface area contributed by atoms with E-state index in [2.05, 4.69) is 5.32 Å². The summed E-state index contributed by atoms with van der Waals surface area (Å²) in [6.07, 6.45) is 0. The van der Waals surface area contributed by atoms with Crippen LogP contribution in [0.15, 0.2) is 48.5 Å². The number of rotatable bonds is 4. The van der Waals surface area contributed by atoms with Gasteiger partial charge in [0.2, 0.25) is 0 Å². The van der Waals surface area contributed by atoms with Gasteiger partial charge >= 0.3 is 0 Å². The second kappa shape index (κ2) is 6.27. The Hall–Kier alpha value is -2.25. The molecule has 0 aliphatic heterocycles. The molecule has 0 radical (unpaired) electrons. The van der Waals surface area contributed by atoms with E-state index >= 15 is 0 Å². The van der Waals surface area contributed by atoms with E-state index in [9.17, 15) is 14.0 Å². The van der Waals surface area contributed by atoms with Crippen molar-refractivity contribution in [2.45, 2.75) is 19.0 Å². The van der Waals surface area contributed by atoms with Crippen molar-refractivity contribution < 1.29 is 8.78 Å². The van der Waals surface area contributed by atoms with Crippen LogP contribution in [-0.2, 0) is 0 Å². The molecule has 4 heteroatoms. The Balaban J connectivity index is 2.22. The number of hydrogen-bond donors (Lipinski definition) is 1. The molecule has 0 aliphatic rings. The predicted molar refractivity (Wildman–Crippen MR) is 72.7 cm³/mol. The molecule has 0 saturated carbocycles. The number of nitriles is 1. The fraction of sp³-hybridized carbons (Fsp3) is 0.188. The van der Waals surface area contributed by atoms with Gasteiger partial charge in [-0.2, -0.15) is 5.26 Å². The van der Waals surface area contributed by atoms with Crippen LogP contribution in [0.4, 0.5) is 8.78 Å². The second-order valence-corrected chi connectivity index (χ2v) is 4.50. The Bertz CT molecular complexity index is 620. The third kappa shape index (κ3) is 3.01. The molecule has 0 fully saturated rings. The average molecular weight is 272 g/mol. The smallest absolute Gasteiger partial charge is 0.164 e. The molecule has 2 aromatic carbocycles. The van der Waals surface area contributed by atoms with E-state index < -0.39 is 17.7 Å². The molecule has 0 bridgehead atoms. The van der Waals surface area contributed by atoms with Gasteiger partial charge in [-0.05, 0) is 18.6 Å². The van der Waals surface area contributed by atoms with E-state index in [0.717, 1.165) is 11.6 Å². The molecule has 102 valence electrons. The van der Waals surface area contributed by atoms with Crippen LogP contribution in [0.3, 0.4) is 0 Å². The maximum absolute atomic E-state index is 13.7. The van der Waals surface area contributed by atoms with Crippen LogP contribution in [0.2, 0.25) is 0 Å². The molecule has 0 amide bonds. The summed E-state index contributed by atoms with van der Waals surface area (Å²) < 4.78 is 26.9. The number of hydrogen-bond acceptors (Lipinski definition) is 2. The fourth-order valence-electron chi connectivity index (χ4n) is 2.03. The van der Waals surface area contributed by atoms with E-state index in [1.807, 2.05) is 43.3 Å². The molecule has 2 nitrogen and oxygen atoms in total. The first-order valence-corrected chi connectivity index (χ1v) is 6.28. The Kier molecular flexibility index (Phi) is 4.44. The monoisotopic (exact) mass is 272 g/mol. The molecule has 2 rings (SSSR count). The van der Waals surface area contributed by atoms with Crippen LogP contribution in [0.25, 0.3) is 0 Å². The summed E-state index contributed by atoms with van der Waals surface area (Å²) >= 11 is 0. The van der Waals surface area contributed by atoms with Crippen LogP contribution in [-0.4, -0.2) is 0 Å². The van der Waals surface area contributed by atoms with Gasteiger partial charge in [0.25, 0.3) is 0 Å². The molecule has 0 saturated heterocycles. The van der Waals surface area contributed by atoms with E-state index in [4.69, 9.17) is 0 Å². The van der Waals surface area contributed by atoms with Crippen molar-refractivity contribution in [3.63, 3.8) is 0 Å². The maximum atomic E-state index is 13.7. The third-order valence-electron chi connectivity index (χ3n) is 3.14. The van der Waals surface area contributed by atoms with Crippen molar-refractivity contribution in [1.82, 2.24) is 5.32 Å². The summed E-state index contributed by atoms with van der Waals surface area (Å²) in [5, 5.41) is 12.2. The highest BCUT2D eigenvalue weighted by Crippen LogP contribution is 2.22. The minimum Gasteiger partial charge on any atom is -0.291 e. The average Bonchev–Trinajstić information content (AvgIpc) is 2.48. The molecule has 2 aromatic rings. The standard InChI is InChI=1S/C16H14F2N2/c1-11(12-6-3-2-4-7-12)20-15(10-19)13-8-5-9-14(17)16(13)18/h2-9,11,15,20H,1H3/t11-,15+/m0/s1. The molecule has 20 heavy (non-hydrogen) atoms. The van der Waals surface area contributed by atoms with Crippen molar-refractivity contribution in [3.8, 4) is 6.07 Å². The first kappa shape index (κ1) is 14.2. The van der Waals surface area contributed by atoms with Gasteiger partial charge in [-0.15, -0.1) is 0 Å². The summed E-state index contributed by atoms with van der Waals surface area (Å²) in [7, 11) is 0.